The predicted molar refractivity (Wildman–Crippen MR) is 65.3 cm³/mol. The molecule has 0 atom stereocenters. The standard InChI is InChI=1S/C11H15IO2/c1-9-3-4-10(7-11(9)12)8-14-6-2-5-13/h3-4,7,13H,2,5-6,8H2,1H3. The van der Waals surface area contributed by atoms with Crippen molar-refractivity contribution in [2.24, 2.45) is 0 Å². The van der Waals surface area contributed by atoms with Crippen molar-refractivity contribution < 1.29 is 9.84 Å². The van der Waals surface area contributed by atoms with Gasteiger partial charge in [0.1, 0.15) is 0 Å². The molecule has 14 heavy (non-hydrogen) atoms. The van der Waals surface area contributed by atoms with Gasteiger partial charge in [0, 0.05) is 16.8 Å². The van der Waals surface area contributed by atoms with Gasteiger partial charge in [-0.3, -0.25) is 0 Å². The van der Waals surface area contributed by atoms with E-state index in [4.69, 9.17) is 9.84 Å². The van der Waals surface area contributed by atoms with Crippen LogP contribution in [0.5, 0.6) is 0 Å². The van der Waals surface area contributed by atoms with Gasteiger partial charge in [-0.1, -0.05) is 12.1 Å². The van der Waals surface area contributed by atoms with E-state index in [2.05, 4.69) is 47.7 Å². The van der Waals surface area contributed by atoms with Gasteiger partial charge in [0.2, 0.25) is 0 Å². The van der Waals surface area contributed by atoms with Crippen LogP contribution < -0.4 is 0 Å². The summed E-state index contributed by atoms with van der Waals surface area (Å²) in [4.78, 5) is 0. The van der Waals surface area contributed by atoms with Crippen molar-refractivity contribution in [1.82, 2.24) is 0 Å². The summed E-state index contributed by atoms with van der Waals surface area (Å²) < 4.78 is 6.66. The Morgan fingerprint density at radius 2 is 2.21 bits per heavy atom. The fraction of sp³-hybridized carbons (Fsp3) is 0.455. The minimum absolute atomic E-state index is 0.200. The molecule has 0 spiro atoms. The van der Waals surface area contributed by atoms with Crippen LogP contribution in [-0.4, -0.2) is 18.3 Å². The number of hydrogen-bond acceptors (Lipinski definition) is 2. The number of aliphatic hydroxyl groups is 1. The molecule has 0 bridgehead atoms. The predicted octanol–water partition coefficient (Wildman–Crippen LogP) is 2.50. The van der Waals surface area contributed by atoms with Crippen molar-refractivity contribution in [3.8, 4) is 0 Å². The van der Waals surface area contributed by atoms with Crippen LogP contribution in [0.25, 0.3) is 0 Å². The summed E-state index contributed by atoms with van der Waals surface area (Å²) in [5.41, 5.74) is 2.49. The Kier molecular flexibility index (Phi) is 5.44. The van der Waals surface area contributed by atoms with Crippen LogP contribution >= 0.6 is 22.6 Å². The van der Waals surface area contributed by atoms with Gasteiger partial charge in [0.05, 0.1) is 6.61 Å². The first kappa shape index (κ1) is 11.9. The molecule has 0 fully saturated rings. The van der Waals surface area contributed by atoms with E-state index in [1.54, 1.807) is 0 Å². The topological polar surface area (TPSA) is 29.5 Å². The largest absolute Gasteiger partial charge is 0.396 e. The van der Waals surface area contributed by atoms with E-state index in [0.29, 0.717) is 19.6 Å². The van der Waals surface area contributed by atoms with E-state index in [-0.39, 0.29) is 6.61 Å². The van der Waals surface area contributed by atoms with Crippen molar-refractivity contribution in [1.29, 1.82) is 0 Å². The number of halogens is 1. The number of hydrogen-bond donors (Lipinski definition) is 1. The van der Waals surface area contributed by atoms with Gasteiger partial charge in [0.25, 0.3) is 0 Å². The Morgan fingerprint density at radius 3 is 2.86 bits per heavy atom. The molecule has 0 radical (unpaired) electrons. The lowest BCUT2D eigenvalue weighted by atomic mass is 10.2. The van der Waals surface area contributed by atoms with Gasteiger partial charge >= 0.3 is 0 Å². The summed E-state index contributed by atoms with van der Waals surface area (Å²) in [7, 11) is 0. The zero-order valence-corrected chi connectivity index (χ0v) is 10.5. The van der Waals surface area contributed by atoms with Gasteiger partial charge in [0.15, 0.2) is 0 Å². The lowest BCUT2D eigenvalue weighted by Crippen LogP contribution is -1.98. The van der Waals surface area contributed by atoms with E-state index < -0.39 is 0 Å². The highest BCUT2D eigenvalue weighted by molar-refractivity contribution is 14.1. The summed E-state index contributed by atoms with van der Waals surface area (Å²) in [6.45, 7) is 3.56. The summed E-state index contributed by atoms with van der Waals surface area (Å²) in [5, 5.41) is 8.56. The first-order chi connectivity index (χ1) is 6.74. The third-order valence-corrected chi connectivity index (χ3v) is 3.11. The molecule has 0 saturated heterocycles. The van der Waals surface area contributed by atoms with Crippen LogP contribution in [0.4, 0.5) is 0 Å². The summed E-state index contributed by atoms with van der Waals surface area (Å²) in [6, 6.07) is 6.32. The van der Waals surface area contributed by atoms with Crippen molar-refractivity contribution in [2.75, 3.05) is 13.2 Å². The number of rotatable bonds is 5. The smallest absolute Gasteiger partial charge is 0.0717 e. The Labute approximate surface area is 98.4 Å². The van der Waals surface area contributed by atoms with Crippen LogP contribution in [0.3, 0.4) is 0 Å². The highest BCUT2D eigenvalue weighted by Gasteiger charge is 1.97. The van der Waals surface area contributed by atoms with Crippen molar-refractivity contribution in [3.63, 3.8) is 0 Å². The average molecular weight is 306 g/mol. The maximum Gasteiger partial charge on any atom is 0.0717 e. The average Bonchev–Trinajstić information content (AvgIpc) is 2.18. The fourth-order valence-electron chi connectivity index (χ4n) is 1.08. The molecule has 1 N–H and O–H groups in total. The lowest BCUT2D eigenvalue weighted by molar-refractivity contribution is 0.104. The van der Waals surface area contributed by atoms with E-state index >= 15 is 0 Å². The molecule has 78 valence electrons. The Balaban J connectivity index is 2.39. The molecule has 1 aromatic rings. The second-order valence-corrected chi connectivity index (χ2v) is 4.38. The highest BCUT2D eigenvalue weighted by Crippen LogP contribution is 2.14. The molecule has 0 amide bonds. The van der Waals surface area contributed by atoms with Crippen molar-refractivity contribution in [2.45, 2.75) is 20.0 Å². The van der Waals surface area contributed by atoms with Gasteiger partial charge < -0.3 is 9.84 Å². The zero-order valence-electron chi connectivity index (χ0n) is 8.29. The van der Waals surface area contributed by atoms with Crippen LogP contribution in [0.15, 0.2) is 18.2 Å². The van der Waals surface area contributed by atoms with Crippen LogP contribution in [0, 0.1) is 10.5 Å². The highest BCUT2D eigenvalue weighted by atomic mass is 127. The molecule has 3 heteroatoms. The Bertz CT molecular complexity index is 287. The van der Waals surface area contributed by atoms with Gasteiger partial charge in [-0.05, 0) is 53.1 Å². The first-order valence-electron chi connectivity index (χ1n) is 4.67. The molecule has 0 heterocycles. The van der Waals surface area contributed by atoms with E-state index in [9.17, 15) is 0 Å². The number of aliphatic hydroxyl groups excluding tert-OH is 1. The maximum atomic E-state index is 8.56. The summed E-state index contributed by atoms with van der Waals surface area (Å²) in [6.07, 6.45) is 0.711. The molecular weight excluding hydrogens is 291 g/mol. The molecule has 0 aliphatic carbocycles. The molecule has 0 aliphatic rings. The minimum atomic E-state index is 0.200. The Morgan fingerprint density at radius 1 is 1.43 bits per heavy atom. The minimum Gasteiger partial charge on any atom is -0.396 e. The summed E-state index contributed by atoms with van der Waals surface area (Å²) in [5.74, 6) is 0. The van der Waals surface area contributed by atoms with Crippen molar-refractivity contribution >= 4 is 22.6 Å². The van der Waals surface area contributed by atoms with Gasteiger partial charge in [-0.2, -0.15) is 0 Å². The van der Waals surface area contributed by atoms with E-state index in [0.717, 1.165) is 0 Å². The molecule has 0 unspecified atom stereocenters. The quantitative estimate of drug-likeness (QED) is 0.669. The molecule has 0 aromatic heterocycles. The summed E-state index contributed by atoms with van der Waals surface area (Å²) >= 11 is 2.32. The van der Waals surface area contributed by atoms with E-state index in [1.807, 2.05) is 0 Å². The third-order valence-electron chi connectivity index (χ3n) is 1.95. The first-order valence-corrected chi connectivity index (χ1v) is 5.75. The second-order valence-electron chi connectivity index (χ2n) is 3.21. The fourth-order valence-corrected chi connectivity index (χ4v) is 1.66. The molecule has 0 aliphatic heterocycles. The monoisotopic (exact) mass is 306 g/mol. The molecule has 0 saturated carbocycles. The van der Waals surface area contributed by atoms with Gasteiger partial charge in [-0.15, -0.1) is 0 Å². The van der Waals surface area contributed by atoms with Crippen LogP contribution in [0.1, 0.15) is 17.5 Å². The molecule has 2 nitrogen and oxygen atoms in total. The number of ether oxygens (including phenoxy) is 1. The van der Waals surface area contributed by atoms with Crippen LogP contribution in [-0.2, 0) is 11.3 Å². The number of benzene rings is 1. The van der Waals surface area contributed by atoms with Gasteiger partial charge in [-0.25, -0.2) is 0 Å². The molecular formula is C11H15IO2. The number of aryl methyl sites for hydroxylation is 1. The SMILES string of the molecule is Cc1ccc(COCCCO)cc1I. The maximum absolute atomic E-state index is 8.56. The Hall–Kier alpha value is -0.130. The lowest BCUT2D eigenvalue weighted by Gasteiger charge is -2.05. The normalized spacial score (nSPS) is 10.5. The second kappa shape index (κ2) is 6.37. The van der Waals surface area contributed by atoms with Crippen LogP contribution in [0.2, 0.25) is 0 Å². The third kappa shape index (κ3) is 3.94. The molecule has 1 aromatic carbocycles. The van der Waals surface area contributed by atoms with E-state index in [1.165, 1.54) is 14.7 Å². The zero-order chi connectivity index (χ0) is 10.4. The molecule has 1 rings (SSSR count). The van der Waals surface area contributed by atoms with Crippen molar-refractivity contribution in [3.05, 3.63) is 32.9 Å².